The van der Waals surface area contributed by atoms with Gasteiger partial charge in [-0.15, -0.1) is 0 Å². The predicted octanol–water partition coefficient (Wildman–Crippen LogP) is 3.06. The van der Waals surface area contributed by atoms with Crippen molar-refractivity contribution in [1.82, 2.24) is 34.5 Å². The average molecular weight is 385 g/mol. The first-order valence-electron chi connectivity index (χ1n) is 9.20. The molecule has 9 heteroatoms. The molecule has 9 nitrogen and oxygen atoms in total. The van der Waals surface area contributed by atoms with Crippen LogP contribution in [0.2, 0.25) is 0 Å². The molecular weight excluding hydrogens is 366 g/mol. The van der Waals surface area contributed by atoms with E-state index in [1.54, 1.807) is 12.5 Å². The van der Waals surface area contributed by atoms with Crippen LogP contribution >= 0.6 is 0 Å². The quantitative estimate of drug-likeness (QED) is 0.434. The van der Waals surface area contributed by atoms with Crippen molar-refractivity contribution >= 4 is 34.0 Å². The summed E-state index contributed by atoms with van der Waals surface area (Å²) in [6.07, 6.45) is 5.36. The van der Waals surface area contributed by atoms with Crippen LogP contribution in [0.5, 0.6) is 0 Å². The Balaban J connectivity index is 1.64. The van der Waals surface area contributed by atoms with E-state index < -0.39 is 0 Å². The number of aromatic nitrogens is 7. The number of aromatic amines is 1. The van der Waals surface area contributed by atoms with Crippen molar-refractivity contribution in [1.29, 1.82) is 0 Å². The largest absolute Gasteiger partial charge is 0.368 e. The molecule has 0 fully saturated rings. The molecule has 0 saturated carbocycles. The molecule has 4 N–H and O–H groups in total. The first-order chi connectivity index (χ1) is 14.1. The second kappa shape index (κ2) is 6.55. The maximum atomic E-state index is 5.85. The number of fused-ring (bicyclic) bond motifs is 2. The van der Waals surface area contributed by atoms with Gasteiger partial charge in [-0.1, -0.05) is 6.07 Å². The molecule has 0 aromatic carbocycles. The average Bonchev–Trinajstić information content (AvgIpc) is 3.34. The van der Waals surface area contributed by atoms with Crippen molar-refractivity contribution in [2.75, 3.05) is 11.1 Å². The lowest BCUT2D eigenvalue weighted by Gasteiger charge is -2.18. The molecule has 0 saturated heterocycles. The molecule has 29 heavy (non-hydrogen) atoms. The summed E-state index contributed by atoms with van der Waals surface area (Å²) < 4.78 is 2.05. The maximum absolute atomic E-state index is 5.85. The Morgan fingerprint density at radius 3 is 2.86 bits per heavy atom. The van der Waals surface area contributed by atoms with Gasteiger partial charge < -0.3 is 20.6 Å². The number of aryl methyl sites for hydroxylation is 1. The maximum Gasteiger partial charge on any atom is 0.224 e. The summed E-state index contributed by atoms with van der Waals surface area (Å²) in [5.74, 6) is 0.746. The standard InChI is InChI=1S/C20H19N9/c1-11(25-19-17-18(24-10-23-17)27-20(21)28-19)16-12(13-5-3-4-7-22-13)9-15-14(26-16)6-8-29(15)2/h3-11H,1-2H3,(H4,21,23,24,25,27,28)/t11-/m0/s1. The van der Waals surface area contributed by atoms with E-state index in [4.69, 9.17) is 10.7 Å². The second-order valence-corrected chi connectivity index (χ2v) is 6.86. The zero-order valence-electron chi connectivity index (χ0n) is 16.0. The number of hydrogen-bond acceptors (Lipinski definition) is 7. The number of nitrogens with one attached hydrogen (secondary N) is 2. The number of imidazole rings is 1. The fourth-order valence-electron chi connectivity index (χ4n) is 3.48. The second-order valence-electron chi connectivity index (χ2n) is 6.86. The van der Waals surface area contributed by atoms with Crippen LogP contribution in [0.1, 0.15) is 18.7 Å². The Morgan fingerprint density at radius 2 is 2.03 bits per heavy atom. The van der Waals surface area contributed by atoms with Crippen LogP contribution in [0.3, 0.4) is 0 Å². The fraction of sp³-hybridized carbons (Fsp3) is 0.150. The van der Waals surface area contributed by atoms with Gasteiger partial charge in [0.15, 0.2) is 11.5 Å². The van der Waals surface area contributed by atoms with Gasteiger partial charge in [0.05, 0.1) is 34.8 Å². The van der Waals surface area contributed by atoms with E-state index in [1.165, 1.54) is 0 Å². The molecule has 5 heterocycles. The minimum Gasteiger partial charge on any atom is -0.368 e. The van der Waals surface area contributed by atoms with Crippen molar-refractivity contribution in [2.24, 2.45) is 7.05 Å². The van der Waals surface area contributed by atoms with Crippen LogP contribution in [-0.4, -0.2) is 34.5 Å². The number of rotatable bonds is 4. The van der Waals surface area contributed by atoms with Gasteiger partial charge in [-0.25, -0.2) is 9.97 Å². The molecule has 0 unspecified atom stereocenters. The van der Waals surface area contributed by atoms with Gasteiger partial charge >= 0.3 is 0 Å². The smallest absolute Gasteiger partial charge is 0.224 e. The molecule has 5 aromatic heterocycles. The zero-order chi connectivity index (χ0) is 20.0. The topological polar surface area (TPSA) is 123 Å². The number of anilines is 2. The van der Waals surface area contributed by atoms with E-state index in [0.29, 0.717) is 17.0 Å². The number of H-pyrrole nitrogens is 1. The van der Waals surface area contributed by atoms with Crippen molar-refractivity contribution in [3.63, 3.8) is 0 Å². The fourth-order valence-corrected chi connectivity index (χ4v) is 3.48. The summed E-state index contributed by atoms with van der Waals surface area (Å²) in [4.78, 5) is 25.2. The Hall–Kier alpha value is -4.01. The highest BCUT2D eigenvalue weighted by atomic mass is 15.1. The zero-order valence-corrected chi connectivity index (χ0v) is 16.0. The molecule has 0 spiro atoms. The SMILES string of the molecule is C[C@H](Nc1nc(N)nc2nc[nH]c12)c1nc2ccn(C)c2cc1-c1ccccn1. The molecule has 0 amide bonds. The van der Waals surface area contributed by atoms with Crippen molar-refractivity contribution in [3.8, 4) is 11.3 Å². The lowest BCUT2D eigenvalue weighted by Crippen LogP contribution is -2.13. The number of pyridine rings is 2. The van der Waals surface area contributed by atoms with E-state index in [1.807, 2.05) is 44.4 Å². The molecule has 0 radical (unpaired) electrons. The number of nitrogen functional groups attached to an aromatic ring is 1. The van der Waals surface area contributed by atoms with Crippen LogP contribution in [0.4, 0.5) is 11.8 Å². The molecule has 1 atom stereocenters. The highest BCUT2D eigenvalue weighted by Crippen LogP contribution is 2.31. The summed E-state index contributed by atoms with van der Waals surface area (Å²) >= 11 is 0. The van der Waals surface area contributed by atoms with Crippen LogP contribution in [0.25, 0.3) is 33.5 Å². The molecule has 0 aliphatic rings. The number of hydrogen-bond donors (Lipinski definition) is 3. The van der Waals surface area contributed by atoms with Crippen LogP contribution in [-0.2, 0) is 7.05 Å². The van der Waals surface area contributed by atoms with E-state index >= 15 is 0 Å². The third-order valence-electron chi connectivity index (χ3n) is 4.90. The highest BCUT2D eigenvalue weighted by Gasteiger charge is 2.19. The first-order valence-corrected chi connectivity index (χ1v) is 9.20. The van der Waals surface area contributed by atoms with Gasteiger partial charge in [0, 0.05) is 25.0 Å². The predicted molar refractivity (Wildman–Crippen MR) is 112 cm³/mol. The summed E-state index contributed by atoms with van der Waals surface area (Å²) in [6, 6.07) is 9.81. The third-order valence-corrected chi connectivity index (χ3v) is 4.90. The van der Waals surface area contributed by atoms with E-state index in [0.717, 1.165) is 28.0 Å². The lowest BCUT2D eigenvalue weighted by atomic mass is 10.0. The Labute approximate surface area is 166 Å². The molecule has 0 aliphatic carbocycles. The van der Waals surface area contributed by atoms with E-state index in [2.05, 4.69) is 40.9 Å². The van der Waals surface area contributed by atoms with Gasteiger partial charge in [-0.2, -0.15) is 9.97 Å². The first kappa shape index (κ1) is 17.1. The van der Waals surface area contributed by atoms with Crippen molar-refractivity contribution < 1.29 is 0 Å². The molecule has 5 aromatic rings. The van der Waals surface area contributed by atoms with Crippen LogP contribution < -0.4 is 11.1 Å². The van der Waals surface area contributed by atoms with Crippen LogP contribution in [0.15, 0.2) is 49.1 Å². The van der Waals surface area contributed by atoms with Gasteiger partial charge in [0.1, 0.15) is 5.52 Å². The highest BCUT2D eigenvalue weighted by molar-refractivity contribution is 5.85. The third kappa shape index (κ3) is 2.92. The van der Waals surface area contributed by atoms with Gasteiger partial charge in [-0.05, 0) is 31.2 Å². The molecule has 144 valence electrons. The van der Waals surface area contributed by atoms with Crippen LogP contribution in [0, 0.1) is 0 Å². The van der Waals surface area contributed by atoms with Crippen molar-refractivity contribution in [3.05, 3.63) is 54.7 Å². The summed E-state index contributed by atoms with van der Waals surface area (Å²) in [7, 11) is 2.01. The summed E-state index contributed by atoms with van der Waals surface area (Å²) in [5.41, 5.74) is 11.7. The van der Waals surface area contributed by atoms with E-state index in [-0.39, 0.29) is 12.0 Å². The van der Waals surface area contributed by atoms with Gasteiger partial charge in [-0.3, -0.25) is 4.98 Å². The van der Waals surface area contributed by atoms with Gasteiger partial charge in [0.2, 0.25) is 5.95 Å². The molecule has 5 rings (SSSR count). The van der Waals surface area contributed by atoms with Gasteiger partial charge in [0.25, 0.3) is 0 Å². The Kier molecular flexibility index (Phi) is 3.87. The molecule has 0 aliphatic heterocycles. The monoisotopic (exact) mass is 385 g/mol. The summed E-state index contributed by atoms with van der Waals surface area (Å²) in [5, 5.41) is 3.41. The normalized spacial score (nSPS) is 12.5. The number of nitrogens with zero attached hydrogens (tertiary/aromatic N) is 6. The Bertz CT molecular complexity index is 1320. The van der Waals surface area contributed by atoms with Crippen molar-refractivity contribution in [2.45, 2.75) is 13.0 Å². The minimum atomic E-state index is -0.169. The Morgan fingerprint density at radius 1 is 1.14 bits per heavy atom. The molecular formula is C20H19N9. The molecule has 0 bridgehead atoms. The minimum absolute atomic E-state index is 0.163. The summed E-state index contributed by atoms with van der Waals surface area (Å²) in [6.45, 7) is 2.03. The number of nitrogens with two attached hydrogens (primary N) is 1. The van der Waals surface area contributed by atoms with E-state index in [9.17, 15) is 0 Å². The lowest BCUT2D eigenvalue weighted by molar-refractivity contribution is 0.841.